The molecule has 3 heterocycles. The van der Waals surface area contributed by atoms with Gasteiger partial charge in [-0.25, -0.2) is 0 Å². The van der Waals surface area contributed by atoms with E-state index in [9.17, 15) is 0 Å². The fourth-order valence-corrected chi connectivity index (χ4v) is 2.94. The van der Waals surface area contributed by atoms with Gasteiger partial charge in [0, 0.05) is 31.8 Å². The zero-order chi connectivity index (χ0) is 14.7. The molecule has 0 aromatic carbocycles. The Morgan fingerprint density at radius 2 is 2.38 bits per heavy atom. The van der Waals surface area contributed by atoms with Crippen LogP contribution >= 0.6 is 0 Å². The molecule has 2 aromatic heterocycles. The second kappa shape index (κ2) is 6.30. The molecule has 0 aliphatic carbocycles. The molecule has 1 fully saturated rings. The molecule has 6 nitrogen and oxygen atoms in total. The van der Waals surface area contributed by atoms with E-state index in [2.05, 4.69) is 28.6 Å². The highest BCUT2D eigenvalue weighted by atomic mass is 16.5. The average Bonchev–Trinajstić information content (AvgIpc) is 3.14. The molecule has 6 heteroatoms. The summed E-state index contributed by atoms with van der Waals surface area (Å²) in [5.41, 5.74) is 2.13. The number of hydrogen-bond donors (Lipinski definition) is 1. The van der Waals surface area contributed by atoms with Crippen molar-refractivity contribution in [3.05, 3.63) is 29.9 Å². The third kappa shape index (κ3) is 2.95. The van der Waals surface area contributed by atoms with Crippen LogP contribution in [0.1, 0.15) is 37.3 Å². The van der Waals surface area contributed by atoms with E-state index in [4.69, 9.17) is 9.26 Å². The van der Waals surface area contributed by atoms with Crippen LogP contribution in [-0.2, 0) is 11.3 Å². The van der Waals surface area contributed by atoms with Crippen molar-refractivity contribution in [3.8, 4) is 0 Å². The molecular weight excluding hydrogens is 268 g/mol. The second-order valence-electron chi connectivity index (χ2n) is 5.44. The van der Waals surface area contributed by atoms with E-state index in [0.29, 0.717) is 5.92 Å². The number of aryl methyl sites for hydroxylation is 2. The molecule has 2 atom stereocenters. The highest BCUT2D eigenvalue weighted by Gasteiger charge is 2.29. The summed E-state index contributed by atoms with van der Waals surface area (Å²) >= 11 is 0. The van der Waals surface area contributed by atoms with Crippen LogP contribution in [0.25, 0.3) is 0 Å². The van der Waals surface area contributed by atoms with Gasteiger partial charge in [-0.15, -0.1) is 0 Å². The molecule has 1 aliphatic heterocycles. The van der Waals surface area contributed by atoms with Crippen LogP contribution in [0.15, 0.2) is 23.0 Å². The van der Waals surface area contributed by atoms with Gasteiger partial charge >= 0.3 is 0 Å². The lowest BCUT2D eigenvalue weighted by Gasteiger charge is -2.32. The first-order chi connectivity index (χ1) is 10.3. The van der Waals surface area contributed by atoms with Gasteiger partial charge in [-0.05, 0) is 32.8 Å². The molecule has 0 saturated carbocycles. The average molecular weight is 290 g/mol. The summed E-state index contributed by atoms with van der Waals surface area (Å²) in [5.74, 6) is 1.25. The normalized spacial score (nSPS) is 22.4. The summed E-state index contributed by atoms with van der Waals surface area (Å²) in [6.45, 7) is 6.56. The fraction of sp³-hybridized carbons (Fsp3) is 0.600. The number of aromatic nitrogens is 3. The number of nitrogens with one attached hydrogen (secondary N) is 1. The molecule has 1 N–H and O–H groups in total. The lowest BCUT2D eigenvalue weighted by atomic mass is 9.92. The minimum absolute atomic E-state index is 0.105. The summed E-state index contributed by atoms with van der Waals surface area (Å²) in [4.78, 5) is 0. The van der Waals surface area contributed by atoms with Gasteiger partial charge in [0.15, 0.2) is 5.76 Å². The van der Waals surface area contributed by atoms with Gasteiger partial charge in [-0.1, -0.05) is 5.16 Å². The van der Waals surface area contributed by atoms with Crippen LogP contribution in [-0.4, -0.2) is 28.1 Å². The lowest BCUT2D eigenvalue weighted by molar-refractivity contribution is -0.0288. The van der Waals surface area contributed by atoms with Crippen molar-refractivity contribution in [2.24, 2.45) is 5.92 Å². The minimum Gasteiger partial charge on any atom is -0.380 e. The van der Waals surface area contributed by atoms with Gasteiger partial charge in [-0.2, -0.15) is 5.10 Å². The van der Waals surface area contributed by atoms with Crippen LogP contribution in [0, 0.1) is 12.8 Å². The second-order valence-corrected chi connectivity index (χ2v) is 5.44. The van der Waals surface area contributed by atoms with Crippen LogP contribution in [0.2, 0.25) is 0 Å². The molecule has 0 bridgehead atoms. The molecular formula is C15H22N4O2. The number of nitrogens with zero attached hydrogens (tertiary/aromatic N) is 3. The minimum atomic E-state index is 0.105. The van der Waals surface area contributed by atoms with Gasteiger partial charge in [0.1, 0.15) is 6.10 Å². The van der Waals surface area contributed by atoms with Gasteiger partial charge < -0.3 is 14.6 Å². The Labute approximate surface area is 124 Å². The predicted octanol–water partition coefficient (Wildman–Crippen LogP) is 2.78. The van der Waals surface area contributed by atoms with Crippen LogP contribution < -0.4 is 5.32 Å². The third-order valence-corrected chi connectivity index (χ3v) is 4.09. The van der Waals surface area contributed by atoms with E-state index in [1.165, 1.54) is 5.69 Å². The van der Waals surface area contributed by atoms with E-state index in [1.54, 1.807) is 6.20 Å². The molecule has 21 heavy (non-hydrogen) atoms. The highest BCUT2D eigenvalue weighted by Crippen LogP contribution is 2.33. The van der Waals surface area contributed by atoms with Gasteiger partial charge in [0.25, 0.3) is 0 Å². The fourth-order valence-electron chi connectivity index (χ4n) is 2.94. The van der Waals surface area contributed by atoms with Crippen molar-refractivity contribution in [1.82, 2.24) is 14.9 Å². The maximum atomic E-state index is 6.04. The predicted molar refractivity (Wildman–Crippen MR) is 79.0 cm³/mol. The standard InChI is InChI=1S/C15H22N4O2/c1-3-19-14(6-7-17-19)15-12(5-4-8-20-15)9-16-13-10-18-21-11(13)2/h6-7,10,12,15-16H,3-5,8-9H2,1-2H3/t12-,15+/m0/s1. The Kier molecular flexibility index (Phi) is 4.24. The first-order valence-electron chi connectivity index (χ1n) is 7.58. The Balaban J connectivity index is 1.71. The molecule has 3 rings (SSSR count). The molecule has 114 valence electrons. The highest BCUT2D eigenvalue weighted by molar-refractivity contribution is 5.43. The molecule has 1 saturated heterocycles. The van der Waals surface area contributed by atoms with E-state index < -0.39 is 0 Å². The van der Waals surface area contributed by atoms with Crippen molar-refractivity contribution in [2.45, 2.75) is 39.3 Å². The van der Waals surface area contributed by atoms with Crippen molar-refractivity contribution in [3.63, 3.8) is 0 Å². The first-order valence-corrected chi connectivity index (χ1v) is 7.58. The largest absolute Gasteiger partial charge is 0.380 e. The Bertz CT molecular complexity index is 578. The zero-order valence-corrected chi connectivity index (χ0v) is 12.6. The monoisotopic (exact) mass is 290 g/mol. The summed E-state index contributed by atoms with van der Waals surface area (Å²) in [6.07, 6.45) is 5.94. The Morgan fingerprint density at radius 1 is 1.48 bits per heavy atom. The maximum Gasteiger partial charge on any atom is 0.156 e. The van der Waals surface area contributed by atoms with E-state index in [0.717, 1.165) is 44.0 Å². The zero-order valence-electron chi connectivity index (χ0n) is 12.6. The molecule has 0 radical (unpaired) electrons. The van der Waals surface area contributed by atoms with Gasteiger partial charge in [-0.3, -0.25) is 4.68 Å². The quantitative estimate of drug-likeness (QED) is 0.917. The Morgan fingerprint density at radius 3 is 3.14 bits per heavy atom. The summed E-state index contributed by atoms with van der Waals surface area (Å²) in [5, 5.41) is 11.6. The molecule has 0 spiro atoms. The van der Waals surface area contributed by atoms with E-state index in [-0.39, 0.29) is 6.10 Å². The smallest absolute Gasteiger partial charge is 0.156 e. The van der Waals surface area contributed by atoms with Crippen LogP contribution in [0.3, 0.4) is 0 Å². The topological polar surface area (TPSA) is 65.1 Å². The van der Waals surface area contributed by atoms with E-state index >= 15 is 0 Å². The molecule has 1 aliphatic rings. The summed E-state index contributed by atoms with van der Waals surface area (Å²) in [6, 6.07) is 2.07. The SMILES string of the molecule is CCn1nccc1[C@@H]1OCCC[C@H]1CNc1cnoc1C. The molecule has 0 amide bonds. The van der Waals surface area contributed by atoms with Crippen molar-refractivity contribution >= 4 is 5.69 Å². The number of anilines is 1. The number of hydrogen-bond acceptors (Lipinski definition) is 5. The van der Waals surface area contributed by atoms with Gasteiger partial charge in [0.2, 0.25) is 0 Å². The van der Waals surface area contributed by atoms with Gasteiger partial charge in [0.05, 0.1) is 17.6 Å². The third-order valence-electron chi connectivity index (χ3n) is 4.09. The van der Waals surface area contributed by atoms with Crippen LogP contribution in [0.5, 0.6) is 0 Å². The number of ether oxygens (including phenoxy) is 1. The Hall–Kier alpha value is -1.82. The van der Waals surface area contributed by atoms with Crippen molar-refractivity contribution in [1.29, 1.82) is 0 Å². The van der Waals surface area contributed by atoms with E-state index in [1.807, 2.05) is 17.8 Å². The molecule has 2 aromatic rings. The van der Waals surface area contributed by atoms with Crippen molar-refractivity contribution in [2.75, 3.05) is 18.5 Å². The lowest BCUT2D eigenvalue weighted by Crippen LogP contribution is -2.30. The number of rotatable bonds is 5. The summed E-state index contributed by atoms with van der Waals surface area (Å²) < 4.78 is 13.1. The summed E-state index contributed by atoms with van der Waals surface area (Å²) in [7, 11) is 0. The van der Waals surface area contributed by atoms with Crippen molar-refractivity contribution < 1.29 is 9.26 Å². The van der Waals surface area contributed by atoms with Crippen LogP contribution in [0.4, 0.5) is 5.69 Å². The maximum absolute atomic E-state index is 6.04. The first kappa shape index (κ1) is 14.1. The molecule has 0 unspecified atom stereocenters.